The van der Waals surface area contributed by atoms with Gasteiger partial charge in [0.25, 0.3) is 0 Å². The van der Waals surface area contributed by atoms with Crippen LogP contribution in [0, 0.1) is 0 Å². The third-order valence-electron chi connectivity index (χ3n) is 3.86. The summed E-state index contributed by atoms with van der Waals surface area (Å²) < 4.78 is 0. The maximum atomic E-state index is 9.78. The van der Waals surface area contributed by atoms with Crippen LogP contribution in [0.15, 0.2) is 18.2 Å². The molecule has 0 bridgehead atoms. The number of phenolic OH excluding ortho intramolecular Hbond substituents is 1. The number of fused-ring (bicyclic) bond motifs is 1. The second kappa shape index (κ2) is 3.16. The van der Waals surface area contributed by atoms with E-state index in [4.69, 9.17) is 0 Å². The van der Waals surface area contributed by atoms with Crippen molar-refractivity contribution >= 4 is 5.69 Å². The van der Waals surface area contributed by atoms with Crippen molar-refractivity contribution in [3.63, 3.8) is 0 Å². The Kier molecular flexibility index (Phi) is 1.91. The van der Waals surface area contributed by atoms with Gasteiger partial charge in [-0.1, -0.05) is 31.4 Å². The van der Waals surface area contributed by atoms with E-state index in [1.54, 1.807) is 6.07 Å². The second-order valence-electron chi connectivity index (χ2n) is 4.95. The third-order valence-corrected chi connectivity index (χ3v) is 3.86. The first kappa shape index (κ1) is 9.08. The number of hydrogen-bond acceptors (Lipinski definition) is 2. The Bertz CT molecular complexity index is 380. The average Bonchev–Trinajstić information content (AvgIpc) is 2.59. The number of aromatic hydroxyl groups is 1. The lowest BCUT2D eigenvalue weighted by Crippen LogP contribution is -2.38. The molecule has 1 aliphatic carbocycles. The van der Waals surface area contributed by atoms with Crippen LogP contribution in [0.2, 0.25) is 0 Å². The molecule has 1 saturated carbocycles. The van der Waals surface area contributed by atoms with E-state index in [2.05, 4.69) is 11.4 Å². The summed E-state index contributed by atoms with van der Waals surface area (Å²) in [6, 6.07) is 5.84. The van der Waals surface area contributed by atoms with Gasteiger partial charge < -0.3 is 10.4 Å². The quantitative estimate of drug-likeness (QED) is 0.635. The molecule has 15 heavy (non-hydrogen) atoms. The van der Waals surface area contributed by atoms with Crippen LogP contribution in [0.25, 0.3) is 0 Å². The molecule has 3 rings (SSSR count). The Morgan fingerprint density at radius 1 is 1.13 bits per heavy atom. The molecule has 2 N–H and O–H groups in total. The lowest BCUT2D eigenvalue weighted by molar-refractivity contribution is 0.332. The van der Waals surface area contributed by atoms with Gasteiger partial charge in [0.2, 0.25) is 0 Å². The molecule has 2 heteroatoms. The molecule has 1 heterocycles. The van der Waals surface area contributed by atoms with Crippen molar-refractivity contribution in [3.8, 4) is 5.75 Å². The Morgan fingerprint density at radius 2 is 1.93 bits per heavy atom. The number of nitrogens with one attached hydrogen (secondary N) is 1. The summed E-state index contributed by atoms with van der Waals surface area (Å²) in [7, 11) is 0. The Morgan fingerprint density at radius 3 is 2.67 bits per heavy atom. The Balaban J connectivity index is 1.94. The molecule has 0 radical (unpaired) electrons. The van der Waals surface area contributed by atoms with Gasteiger partial charge in [-0.15, -0.1) is 0 Å². The highest BCUT2D eigenvalue weighted by molar-refractivity contribution is 5.67. The van der Waals surface area contributed by atoms with Crippen molar-refractivity contribution in [1.29, 1.82) is 0 Å². The van der Waals surface area contributed by atoms with E-state index in [9.17, 15) is 5.11 Å². The zero-order chi connectivity index (χ0) is 10.3. The minimum atomic E-state index is 0.263. The molecule has 1 aliphatic heterocycles. The monoisotopic (exact) mass is 203 g/mol. The molecule has 1 aromatic rings. The molecule has 0 amide bonds. The van der Waals surface area contributed by atoms with Gasteiger partial charge in [-0.25, -0.2) is 0 Å². The summed E-state index contributed by atoms with van der Waals surface area (Å²) in [5.41, 5.74) is 2.54. The van der Waals surface area contributed by atoms with Crippen molar-refractivity contribution in [2.45, 2.75) is 44.1 Å². The highest BCUT2D eigenvalue weighted by Crippen LogP contribution is 2.44. The van der Waals surface area contributed by atoms with Gasteiger partial charge in [0, 0.05) is 5.54 Å². The topological polar surface area (TPSA) is 32.3 Å². The van der Waals surface area contributed by atoms with Gasteiger partial charge in [-0.05, 0) is 30.9 Å². The SMILES string of the molecule is Oc1cccc2c1NC1(CCCCC1)C2. The van der Waals surface area contributed by atoms with Gasteiger partial charge in [-0.3, -0.25) is 0 Å². The van der Waals surface area contributed by atoms with Crippen LogP contribution in [-0.4, -0.2) is 10.6 Å². The van der Waals surface area contributed by atoms with E-state index in [0.29, 0.717) is 5.75 Å². The lowest BCUT2D eigenvalue weighted by Gasteiger charge is -2.34. The van der Waals surface area contributed by atoms with Crippen LogP contribution in [0.5, 0.6) is 5.75 Å². The molecular weight excluding hydrogens is 186 g/mol. The fourth-order valence-corrected chi connectivity index (χ4v) is 3.08. The van der Waals surface area contributed by atoms with Crippen LogP contribution in [0.3, 0.4) is 0 Å². The fourth-order valence-electron chi connectivity index (χ4n) is 3.08. The predicted octanol–water partition coefficient (Wildman–Crippen LogP) is 3.06. The molecule has 2 aliphatic rings. The molecule has 1 spiro atoms. The van der Waals surface area contributed by atoms with Crippen molar-refractivity contribution in [2.75, 3.05) is 5.32 Å². The van der Waals surface area contributed by atoms with E-state index in [1.165, 1.54) is 37.7 Å². The largest absolute Gasteiger partial charge is 0.506 e. The molecule has 0 saturated heterocycles. The van der Waals surface area contributed by atoms with E-state index in [0.717, 1.165) is 12.1 Å². The number of benzene rings is 1. The normalized spacial score (nSPS) is 22.4. The maximum absolute atomic E-state index is 9.78. The standard InChI is InChI=1S/C13H17NO/c15-11-6-4-5-10-9-13(14-12(10)11)7-2-1-3-8-13/h4-6,14-15H,1-3,7-9H2. The van der Waals surface area contributed by atoms with Gasteiger partial charge in [0.05, 0.1) is 5.69 Å². The lowest BCUT2D eigenvalue weighted by atomic mass is 9.80. The molecule has 1 fully saturated rings. The molecule has 0 aromatic heterocycles. The van der Waals surface area contributed by atoms with E-state index in [-0.39, 0.29) is 5.54 Å². The molecular formula is C13H17NO. The summed E-state index contributed by atoms with van der Waals surface area (Å²) >= 11 is 0. The van der Waals surface area contributed by atoms with Crippen LogP contribution in [-0.2, 0) is 6.42 Å². The van der Waals surface area contributed by atoms with Crippen molar-refractivity contribution < 1.29 is 5.11 Å². The van der Waals surface area contributed by atoms with E-state index >= 15 is 0 Å². The fraction of sp³-hybridized carbons (Fsp3) is 0.538. The number of phenols is 1. The van der Waals surface area contributed by atoms with Crippen molar-refractivity contribution in [3.05, 3.63) is 23.8 Å². The van der Waals surface area contributed by atoms with Crippen molar-refractivity contribution in [1.82, 2.24) is 0 Å². The number of rotatable bonds is 0. The number of anilines is 1. The third kappa shape index (κ3) is 1.39. The minimum Gasteiger partial charge on any atom is -0.506 e. The Labute approximate surface area is 90.3 Å². The highest BCUT2D eigenvalue weighted by atomic mass is 16.3. The highest BCUT2D eigenvalue weighted by Gasteiger charge is 2.38. The minimum absolute atomic E-state index is 0.263. The first-order valence-corrected chi connectivity index (χ1v) is 5.88. The summed E-state index contributed by atoms with van der Waals surface area (Å²) in [6.07, 6.45) is 7.61. The second-order valence-corrected chi connectivity index (χ2v) is 4.95. The van der Waals surface area contributed by atoms with Gasteiger partial charge >= 0.3 is 0 Å². The van der Waals surface area contributed by atoms with Crippen LogP contribution in [0.1, 0.15) is 37.7 Å². The smallest absolute Gasteiger partial charge is 0.138 e. The van der Waals surface area contributed by atoms with Gasteiger partial charge in [0.1, 0.15) is 5.75 Å². The molecule has 0 atom stereocenters. The van der Waals surface area contributed by atoms with Crippen LogP contribution >= 0.6 is 0 Å². The first-order chi connectivity index (χ1) is 7.29. The first-order valence-electron chi connectivity index (χ1n) is 5.88. The molecule has 1 aromatic carbocycles. The summed E-state index contributed by atoms with van der Waals surface area (Å²) in [5, 5.41) is 13.4. The van der Waals surface area contributed by atoms with Gasteiger partial charge in [-0.2, -0.15) is 0 Å². The number of hydrogen-bond donors (Lipinski definition) is 2. The summed E-state index contributed by atoms with van der Waals surface area (Å²) in [5.74, 6) is 0.412. The Hall–Kier alpha value is -1.18. The molecule has 80 valence electrons. The van der Waals surface area contributed by atoms with E-state index < -0.39 is 0 Å². The average molecular weight is 203 g/mol. The summed E-state index contributed by atoms with van der Waals surface area (Å²) in [6.45, 7) is 0. The molecule has 0 unspecified atom stereocenters. The van der Waals surface area contributed by atoms with E-state index in [1.807, 2.05) is 6.07 Å². The summed E-state index contributed by atoms with van der Waals surface area (Å²) in [4.78, 5) is 0. The zero-order valence-electron chi connectivity index (χ0n) is 8.92. The maximum Gasteiger partial charge on any atom is 0.138 e. The predicted molar refractivity (Wildman–Crippen MR) is 61.2 cm³/mol. The number of para-hydroxylation sites is 1. The van der Waals surface area contributed by atoms with Crippen molar-refractivity contribution in [2.24, 2.45) is 0 Å². The molecule has 2 nitrogen and oxygen atoms in total. The zero-order valence-corrected chi connectivity index (χ0v) is 8.92. The van der Waals surface area contributed by atoms with Gasteiger partial charge in [0.15, 0.2) is 0 Å². The van der Waals surface area contributed by atoms with Crippen LogP contribution < -0.4 is 5.32 Å². The van der Waals surface area contributed by atoms with Crippen LogP contribution in [0.4, 0.5) is 5.69 Å².